The maximum Gasteiger partial charge on any atom is 0.338 e. The fourth-order valence-electron chi connectivity index (χ4n) is 3.73. The minimum absolute atomic E-state index is 0.0744. The predicted octanol–water partition coefficient (Wildman–Crippen LogP) is 5.45. The van der Waals surface area contributed by atoms with E-state index in [0.717, 1.165) is 16.8 Å². The molecule has 0 amide bonds. The number of carbonyl (C=O) groups is 1. The Morgan fingerprint density at radius 2 is 1.91 bits per heavy atom. The second-order valence-electron chi connectivity index (χ2n) is 8.27. The maximum absolute atomic E-state index is 13.3. The molecule has 1 aromatic heterocycles. The van der Waals surface area contributed by atoms with Crippen LogP contribution in [0.5, 0.6) is 0 Å². The third kappa shape index (κ3) is 5.37. The summed E-state index contributed by atoms with van der Waals surface area (Å²) in [6, 6.07) is 11.7. The van der Waals surface area contributed by atoms with Gasteiger partial charge in [-0.3, -0.25) is 0 Å². The van der Waals surface area contributed by atoms with Gasteiger partial charge < -0.3 is 15.2 Å². The van der Waals surface area contributed by atoms with Gasteiger partial charge in [0.15, 0.2) is 0 Å². The summed E-state index contributed by atoms with van der Waals surface area (Å²) >= 11 is 4.80. The number of rotatable bonds is 6. The lowest BCUT2D eigenvalue weighted by Gasteiger charge is -2.29. The van der Waals surface area contributed by atoms with Gasteiger partial charge in [-0.1, -0.05) is 45.9 Å². The first-order valence-electron chi connectivity index (χ1n) is 10.9. The molecule has 35 heavy (non-hydrogen) atoms. The number of pyridine rings is 1. The van der Waals surface area contributed by atoms with E-state index in [1.807, 2.05) is 45.0 Å². The summed E-state index contributed by atoms with van der Waals surface area (Å²) in [7, 11) is 0. The van der Waals surface area contributed by atoms with Gasteiger partial charge in [0.25, 0.3) is 0 Å². The zero-order valence-electron chi connectivity index (χ0n) is 20.1. The van der Waals surface area contributed by atoms with E-state index in [4.69, 9.17) is 15.2 Å². The van der Waals surface area contributed by atoms with E-state index in [1.54, 1.807) is 13.8 Å². The summed E-state index contributed by atoms with van der Waals surface area (Å²) in [5.74, 6) is -1.03. The highest BCUT2D eigenvalue weighted by Gasteiger charge is 2.39. The average Bonchev–Trinajstić information content (AvgIpc) is 2.80. The molecule has 1 aliphatic rings. The second kappa shape index (κ2) is 11.0. The van der Waals surface area contributed by atoms with Crippen LogP contribution in [-0.4, -0.2) is 22.8 Å². The Labute approximate surface area is 217 Å². The number of hydrogen-bond acceptors (Lipinski definition) is 8. The Hall–Kier alpha value is -3.27. The van der Waals surface area contributed by atoms with Gasteiger partial charge in [-0.05, 0) is 57.4 Å². The first-order chi connectivity index (χ1) is 16.6. The highest BCUT2D eigenvalue weighted by molar-refractivity contribution is 9.10. The summed E-state index contributed by atoms with van der Waals surface area (Å²) in [4.78, 5) is 17.9. The molecule has 180 valence electrons. The number of aromatic nitrogens is 1. The number of nitrogens with two attached hydrogens (primary N) is 1. The normalized spacial score (nSPS) is 15.5. The van der Waals surface area contributed by atoms with Crippen LogP contribution in [0.1, 0.15) is 47.7 Å². The van der Waals surface area contributed by atoms with Gasteiger partial charge in [0.05, 0.1) is 28.9 Å². The van der Waals surface area contributed by atoms with Crippen molar-refractivity contribution in [3.63, 3.8) is 0 Å². The predicted molar refractivity (Wildman–Crippen MR) is 137 cm³/mol. The standard InChI is InChI=1S/C26H25BrN4O3S/c1-13(2)33-26(32)23-21(12-35-25-18(10-28)15(4)14(3)16(5)31-25)34-24(30)19(11-29)22(23)17-8-6-7-9-20(17)27/h6-9,13,22H,12,30H2,1-5H3. The molecule has 0 saturated heterocycles. The molecule has 0 aliphatic carbocycles. The molecule has 1 unspecified atom stereocenters. The van der Waals surface area contributed by atoms with Crippen molar-refractivity contribution in [1.29, 1.82) is 10.5 Å². The van der Waals surface area contributed by atoms with Crippen molar-refractivity contribution in [1.82, 2.24) is 4.98 Å². The first-order valence-corrected chi connectivity index (χ1v) is 12.6. The lowest BCUT2D eigenvalue weighted by atomic mass is 9.83. The van der Waals surface area contributed by atoms with Crippen LogP contribution in [0.3, 0.4) is 0 Å². The summed E-state index contributed by atoms with van der Waals surface area (Å²) in [5.41, 5.74) is 10.3. The van der Waals surface area contributed by atoms with Gasteiger partial charge in [0.1, 0.15) is 28.5 Å². The van der Waals surface area contributed by atoms with Crippen LogP contribution in [-0.2, 0) is 14.3 Å². The van der Waals surface area contributed by atoms with E-state index in [1.165, 1.54) is 11.8 Å². The highest BCUT2D eigenvalue weighted by atomic mass is 79.9. The van der Waals surface area contributed by atoms with E-state index in [0.29, 0.717) is 20.6 Å². The van der Waals surface area contributed by atoms with Crippen LogP contribution in [0.4, 0.5) is 0 Å². The minimum Gasteiger partial charge on any atom is -0.459 e. The quantitative estimate of drug-likeness (QED) is 0.370. The van der Waals surface area contributed by atoms with Crippen molar-refractivity contribution in [3.05, 3.63) is 79.5 Å². The van der Waals surface area contributed by atoms with Gasteiger partial charge in [0.2, 0.25) is 5.88 Å². The van der Waals surface area contributed by atoms with Crippen molar-refractivity contribution in [2.75, 3.05) is 5.75 Å². The number of hydrogen-bond donors (Lipinski definition) is 1. The SMILES string of the molecule is Cc1nc(SCC2=C(C(=O)OC(C)C)C(c3ccccc3Br)C(C#N)=C(N)O2)c(C#N)c(C)c1C. The summed E-state index contributed by atoms with van der Waals surface area (Å²) in [6.45, 7) is 9.20. The zero-order valence-corrected chi connectivity index (χ0v) is 22.5. The number of ether oxygens (including phenoxy) is 2. The van der Waals surface area contributed by atoms with Crippen molar-refractivity contribution >= 4 is 33.7 Å². The third-order valence-corrected chi connectivity index (χ3v) is 7.39. The van der Waals surface area contributed by atoms with E-state index in [-0.39, 0.29) is 34.6 Å². The van der Waals surface area contributed by atoms with Gasteiger partial charge in [0, 0.05) is 10.2 Å². The van der Waals surface area contributed by atoms with E-state index < -0.39 is 11.9 Å². The zero-order chi connectivity index (χ0) is 25.9. The molecule has 2 aromatic rings. The number of nitrogens with zero attached hydrogens (tertiary/aromatic N) is 3. The van der Waals surface area contributed by atoms with Gasteiger partial charge in [-0.25, -0.2) is 9.78 Å². The molecule has 2 heterocycles. The smallest absolute Gasteiger partial charge is 0.338 e. The van der Waals surface area contributed by atoms with E-state index in [9.17, 15) is 15.3 Å². The number of halogens is 1. The number of esters is 1. The van der Waals surface area contributed by atoms with Crippen LogP contribution in [0.15, 0.2) is 56.6 Å². The molecule has 1 atom stereocenters. The van der Waals surface area contributed by atoms with E-state index >= 15 is 0 Å². The highest BCUT2D eigenvalue weighted by Crippen LogP contribution is 2.43. The van der Waals surface area contributed by atoms with Crippen molar-refractivity contribution < 1.29 is 14.3 Å². The van der Waals surface area contributed by atoms with Crippen molar-refractivity contribution in [2.24, 2.45) is 5.73 Å². The monoisotopic (exact) mass is 552 g/mol. The molecule has 9 heteroatoms. The fourth-order valence-corrected chi connectivity index (χ4v) is 5.27. The number of aryl methyl sites for hydroxylation is 1. The van der Waals surface area contributed by atoms with Crippen molar-refractivity contribution in [3.8, 4) is 12.1 Å². The molecular weight excluding hydrogens is 528 g/mol. The second-order valence-corrected chi connectivity index (χ2v) is 10.1. The topological polar surface area (TPSA) is 122 Å². The van der Waals surface area contributed by atoms with Crippen LogP contribution < -0.4 is 5.73 Å². The summed E-state index contributed by atoms with van der Waals surface area (Å²) in [6.07, 6.45) is -0.383. The Bertz CT molecular complexity index is 1340. The van der Waals surface area contributed by atoms with Crippen LogP contribution >= 0.6 is 27.7 Å². The number of allylic oxidation sites excluding steroid dienone is 1. The molecular formula is C26H25BrN4O3S. The summed E-state index contributed by atoms with van der Waals surface area (Å²) < 4.78 is 12.1. The third-order valence-electron chi connectivity index (χ3n) is 5.69. The molecule has 0 saturated carbocycles. The molecule has 1 aliphatic heterocycles. The Kier molecular flexibility index (Phi) is 8.26. The molecule has 7 nitrogen and oxygen atoms in total. The Morgan fingerprint density at radius 1 is 1.23 bits per heavy atom. The largest absolute Gasteiger partial charge is 0.459 e. The van der Waals surface area contributed by atoms with Crippen LogP contribution in [0.2, 0.25) is 0 Å². The van der Waals surface area contributed by atoms with Crippen molar-refractivity contribution in [2.45, 2.75) is 51.7 Å². The lowest BCUT2D eigenvalue weighted by Crippen LogP contribution is -2.28. The molecule has 0 spiro atoms. The molecule has 0 bridgehead atoms. The molecule has 2 N–H and O–H groups in total. The molecule has 1 aromatic carbocycles. The number of carbonyl (C=O) groups excluding carboxylic acids is 1. The molecule has 0 radical (unpaired) electrons. The van der Waals surface area contributed by atoms with Gasteiger partial charge in [-0.2, -0.15) is 10.5 Å². The lowest BCUT2D eigenvalue weighted by molar-refractivity contribution is -0.143. The van der Waals surface area contributed by atoms with Gasteiger partial charge in [-0.15, -0.1) is 0 Å². The minimum atomic E-state index is -0.781. The van der Waals surface area contributed by atoms with Gasteiger partial charge >= 0.3 is 5.97 Å². The molecule has 0 fully saturated rings. The average molecular weight is 553 g/mol. The number of nitriles is 2. The Morgan fingerprint density at radius 3 is 2.51 bits per heavy atom. The maximum atomic E-state index is 13.3. The Balaban J connectivity index is 2.16. The molecule has 3 rings (SSSR count). The number of thioether (sulfide) groups is 1. The van der Waals surface area contributed by atoms with Crippen LogP contribution in [0.25, 0.3) is 0 Å². The summed E-state index contributed by atoms with van der Waals surface area (Å²) in [5, 5.41) is 20.2. The fraction of sp³-hybridized carbons (Fsp3) is 0.308. The van der Waals surface area contributed by atoms with Crippen LogP contribution in [0, 0.1) is 43.4 Å². The first kappa shape index (κ1) is 26.3. The van der Waals surface area contributed by atoms with E-state index in [2.05, 4.69) is 33.1 Å². The number of benzene rings is 1.